The van der Waals surface area contributed by atoms with E-state index in [-0.39, 0.29) is 19.5 Å². The van der Waals surface area contributed by atoms with Gasteiger partial charge in [0.1, 0.15) is 0 Å². The average molecular weight is 404 g/mol. The Balaban J connectivity index is 0.000000403. The molecule has 0 heterocycles. The van der Waals surface area contributed by atoms with Crippen molar-refractivity contribution in [2.24, 2.45) is 0 Å². The maximum absolute atomic E-state index is 10.6. The van der Waals surface area contributed by atoms with E-state index in [9.17, 15) is 17.5 Å². The zero-order valence-electron chi connectivity index (χ0n) is 13.6. The van der Waals surface area contributed by atoms with Crippen LogP contribution >= 0.6 is 0 Å². The summed E-state index contributed by atoms with van der Waals surface area (Å²) in [6.07, 6.45) is 0. The SMILES string of the molecule is Cc1ccc(C)c(S(=O)[O-])c1.Cc1ccc(C)c(S(=O)[O-])c1.[Zn+2]. The van der Waals surface area contributed by atoms with Crippen molar-refractivity contribution in [3.8, 4) is 0 Å². The topological polar surface area (TPSA) is 80.3 Å². The molecule has 0 aliphatic rings. The summed E-state index contributed by atoms with van der Waals surface area (Å²) in [5.41, 5.74) is 3.53. The van der Waals surface area contributed by atoms with Crippen molar-refractivity contribution >= 4 is 22.2 Å². The van der Waals surface area contributed by atoms with Gasteiger partial charge in [-0.05, 0) is 84.2 Å². The first-order chi connectivity index (χ1) is 10.2. The van der Waals surface area contributed by atoms with E-state index >= 15 is 0 Å². The van der Waals surface area contributed by atoms with Crippen LogP contribution in [0.15, 0.2) is 46.2 Å². The Morgan fingerprint density at radius 2 is 1.00 bits per heavy atom. The van der Waals surface area contributed by atoms with Crippen molar-refractivity contribution in [2.45, 2.75) is 37.5 Å². The Bertz CT molecular complexity index is 656. The quantitative estimate of drug-likeness (QED) is 0.570. The summed E-state index contributed by atoms with van der Waals surface area (Å²) in [6, 6.07) is 10.7. The normalized spacial score (nSPS) is 12.4. The summed E-state index contributed by atoms with van der Waals surface area (Å²) < 4.78 is 42.3. The third-order valence-corrected chi connectivity index (χ3v) is 4.64. The van der Waals surface area contributed by atoms with Gasteiger partial charge in [-0.3, -0.25) is 8.42 Å². The molecule has 2 rings (SSSR count). The monoisotopic (exact) mass is 402 g/mol. The largest absolute Gasteiger partial charge is 2.00 e. The number of benzene rings is 2. The molecule has 0 radical (unpaired) electrons. The Labute approximate surface area is 155 Å². The molecule has 0 spiro atoms. The van der Waals surface area contributed by atoms with E-state index in [1.807, 2.05) is 26.0 Å². The van der Waals surface area contributed by atoms with Crippen molar-refractivity contribution in [3.05, 3.63) is 58.7 Å². The van der Waals surface area contributed by atoms with Gasteiger partial charge in [0.05, 0.1) is 0 Å². The molecule has 120 valence electrons. The predicted molar refractivity (Wildman–Crippen MR) is 86.2 cm³/mol. The van der Waals surface area contributed by atoms with Gasteiger partial charge in [0.25, 0.3) is 0 Å². The first kappa shape index (κ1) is 22.3. The number of hydrogen-bond donors (Lipinski definition) is 0. The summed E-state index contributed by atoms with van der Waals surface area (Å²) in [6.45, 7) is 7.31. The van der Waals surface area contributed by atoms with Crippen LogP contribution in [0.1, 0.15) is 22.3 Å². The summed E-state index contributed by atoms with van der Waals surface area (Å²) in [5.74, 6) is 0. The van der Waals surface area contributed by atoms with E-state index in [1.165, 1.54) is 0 Å². The molecule has 23 heavy (non-hydrogen) atoms. The van der Waals surface area contributed by atoms with E-state index in [1.54, 1.807) is 38.1 Å². The molecule has 0 aliphatic heterocycles. The van der Waals surface area contributed by atoms with Crippen molar-refractivity contribution in [2.75, 3.05) is 0 Å². The van der Waals surface area contributed by atoms with Crippen LogP contribution in [0.4, 0.5) is 0 Å². The van der Waals surface area contributed by atoms with Crippen LogP contribution in [-0.2, 0) is 41.6 Å². The molecular formula is C16H18O4S2Zn. The van der Waals surface area contributed by atoms with Gasteiger partial charge >= 0.3 is 19.5 Å². The maximum Gasteiger partial charge on any atom is 2.00 e. The molecule has 0 bridgehead atoms. The van der Waals surface area contributed by atoms with Gasteiger partial charge < -0.3 is 9.11 Å². The molecule has 7 heteroatoms. The van der Waals surface area contributed by atoms with Gasteiger partial charge in [-0.1, -0.05) is 24.3 Å². The fraction of sp³-hybridized carbons (Fsp3) is 0.250. The van der Waals surface area contributed by atoms with Gasteiger partial charge in [0.2, 0.25) is 0 Å². The van der Waals surface area contributed by atoms with Gasteiger partial charge in [-0.25, -0.2) is 0 Å². The Kier molecular flexibility index (Phi) is 9.89. The zero-order valence-corrected chi connectivity index (χ0v) is 18.2. The summed E-state index contributed by atoms with van der Waals surface area (Å²) in [7, 11) is 0. The second kappa shape index (κ2) is 10.2. The van der Waals surface area contributed by atoms with Crippen LogP contribution in [0.2, 0.25) is 0 Å². The first-order valence-electron chi connectivity index (χ1n) is 6.55. The van der Waals surface area contributed by atoms with Gasteiger partial charge in [0.15, 0.2) is 0 Å². The molecule has 0 aromatic heterocycles. The van der Waals surface area contributed by atoms with E-state index in [4.69, 9.17) is 0 Å². The van der Waals surface area contributed by atoms with E-state index in [0.29, 0.717) is 9.79 Å². The molecule has 0 saturated heterocycles. The number of rotatable bonds is 2. The van der Waals surface area contributed by atoms with E-state index in [2.05, 4.69) is 0 Å². The summed E-state index contributed by atoms with van der Waals surface area (Å²) in [5, 5.41) is 0. The molecular weight excluding hydrogens is 386 g/mol. The van der Waals surface area contributed by atoms with Crippen LogP contribution in [0.5, 0.6) is 0 Å². The van der Waals surface area contributed by atoms with Crippen LogP contribution in [0.25, 0.3) is 0 Å². The van der Waals surface area contributed by atoms with Crippen molar-refractivity contribution in [1.29, 1.82) is 0 Å². The second-order valence-electron chi connectivity index (χ2n) is 5.01. The molecule has 2 aromatic rings. The zero-order chi connectivity index (χ0) is 16.9. The molecule has 2 aromatic carbocycles. The van der Waals surface area contributed by atoms with Crippen LogP contribution in [0.3, 0.4) is 0 Å². The third-order valence-electron chi connectivity index (χ3n) is 3.05. The second-order valence-corrected chi connectivity index (χ2v) is 6.83. The Morgan fingerprint density at radius 1 is 0.696 bits per heavy atom. The standard InChI is InChI=1S/2C8H10O2S.Zn/c2*1-6-3-4-7(2)8(5-6)11(9)10;/h2*3-5H,1-2H3,(H,9,10);/q;;+2/p-2. The maximum atomic E-state index is 10.6. The summed E-state index contributed by atoms with van der Waals surface area (Å²) in [4.78, 5) is 0.787. The molecule has 0 fully saturated rings. The van der Waals surface area contributed by atoms with Crippen LogP contribution < -0.4 is 0 Å². The van der Waals surface area contributed by atoms with Gasteiger partial charge in [0, 0.05) is 9.79 Å². The van der Waals surface area contributed by atoms with Crippen LogP contribution in [0, 0.1) is 27.7 Å². The van der Waals surface area contributed by atoms with E-state index in [0.717, 1.165) is 22.3 Å². The van der Waals surface area contributed by atoms with Crippen molar-refractivity contribution in [1.82, 2.24) is 0 Å². The minimum Gasteiger partial charge on any atom is -0.768 e. The molecule has 4 nitrogen and oxygen atoms in total. The fourth-order valence-electron chi connectivity index (χ4n) is 1.77. The predicted octanol–water partition coefficient (Wildman–Crippen LogP) is 3.08. The Morgan fingerprint density at radius 3 is 1.22 bits per heavy atom. The van der Waals surface area contributed by atoms with Gasteiger partial charge in [-0.2, -0.15) is 0 Å². The number of aryl methyl sites for hydroxylation is 4. The Hall–Kier alpha value is -0.717. The number of hydrogen-bond acceptors (Lipinski definition) is 4. The van der Waals surface area contributed by atoms with E-state index < -0.39 is 22.2 Å². The minimum atomic E-state index is -2.10. The molecule has 2 atom stereocenters. The smallest absolute Gasteiger partial charge is 0.768 e. The van der Waals surface area contributed by atoms with Crippen molar-refractivity contribution < 1.29 is 37.0 Å². The van der Waals surface area contributed by atoms with Crippen LogP contribution in [-0.4, -0.2) is 17.5 Å². The molecule has 0 aliphatic carbocycles. The molecule has 0 amide bonds. The minimum absolute atomic E-state index is 0. The average Bonchev–Trinajstić information content (AvgIpc) is 2.44. The molecule has 0 N–H and O–H groups in total. The third kappa shape index (κ3) is 7.14. The van der Waals surface area contributed by atoms with Crippen molar-refractivity contribution in [3.63, 3.8) is 0 Å². The molecule has 0 saturated carbocycles. The fourth-order valence-corrected chi connectivity index (χ4v) is 3.00. The first-order valence-corrected chi connectivity index (χ1v) is 8.70. The summed E-state index contributed by atoms with van der Waals surface area (Å²) >= 11 is -4.20. The van der Waals surface area contributed by atoms with Gasteiger partial charge in [-0.15, -0.1) is 0 Å². The molecule has 2 unspecified atom stereocenters.